The Hall–Kier alpha value is -1.60. The quantitative estimate of drug-likeness (QED) is 0.856. The van der Waals surface area contributed by atoms with Crippen LogP contribution in [0.15, 0.2) is 24.3 Å². The fraction of sp³-hybridized carbons (Fsp3) is 0.533. The molecule has 1 heterocycles. The summed E-state index contributed by atoms with van der Waals surface area (Å²) in [4.78, 5) is 14.0. The number of amides is 1. The third-order valence-electron chi connectivity index (χ3n) is 3.84. The monoisotopic (exact) mass is 325 g/mol. The van der Waals surface area contributed by atoms with Crippen molar-refractivity contribution < 1.29 is 13.2 Å². The zero-order chi connectivity index (χ0) is 16.3. The predicted molar refractivity (Wildman–Crippen MR) is 88.8 cm³/mol. The highest BCUT2D eigenvalue weighted by Gasteiger charge is 2.22. The molecule has 1 aliphatic heterocycles. The number of hydrogen-bond donors (Lipinski definition) is 2. The molecular formula is C15H23N3O3S. The second-order valence-corrected chi connectivity index (χ2v) is 8.25. The first-order valence-corrected chi connectivity index (χ1v) is 9.22. The van der Waals surface area contributed by atoms with Crippen LogP contribution < -0.4 is 16.0 Å². The summed E-state index contributed by atoms with van der Waals surface area (Å²) in [6.07, 6.45) is 0. The van der Waals surface area contributed by atoms with Gasteiger partial charge in [-0.15, -0.1) is 0 Å². The van der Waals surface area contributed by atoms with Crippen molar-refractivity contribution in [2.45, 2.75) is 19.9 Å². The van der Waals surface area contributed by atoms with E-state index in [1.54, 1.807) is 6.07 Å². The Morgan fingerprint density at radius 3 is 2.50 bits per heavy atom. The molecule has 1 aliphatic rings. The smallest absolute Gasteiger partial charge is 0.241 e. The van der Waals surface area contributed by atoms with Crippen LogP contribution in [0, 0.1) is 5.92 Å². The van der Waals surface area contributed by atoms with Gasteiger partial charge in [-0.1, -0.05) is 19.9 Å². The van der Waals surface area contributed by atoms with Crippen LogP contribution in [-0.2, 0) is 14.6 Å². The van der Waals surface area contributed by atoms with E-state index >= 15 is 0 Å². The van der Waals surface area contributed by atoms with E-state index in [9.17, 15) is 13.2 Å². The number of carbonyl (C=O) groups excluding carboxylic acids is 1. The van der Waals surface area contributed by atoms with Gasteiger partial charge >= 0.3 is 0 Å². The van der Waals surface area contributed by atoms with Crippen molar-refractivity contribution >= 4 is 27.1 Å². The van der Waals surface area contributed by atoms with Gasteiger partial charge in [0.05, 0.1) is 17.5 Å². The molecule has 1 fully saturated rings. The van der Waals surface area contributed by atoms with E-state index in [2.05, 4.69) is 5.32 Å². The molecule has 0 unspecified atom stereocenters. The summed E-state index contributed by atoms with van der Waals surface area (Å²) in [6.45, 7) is 4.75. The van der Waals surface area contributed by atoms with Crippen molar-refractivity contribution in [1.82, 2.24) is 0 Å². The molecule has 1 aromatic rings. The summed E-state index contributed by atoms with van der Waals surface area (Å²) >= 11 is 0. The van der Waals surface area contributed by atoms with Crippen LogP contribution in [-0.4, -0.2) is 45.0 Å². The normalized spacial score (nSPS) is 19.0. The number of benzene rings is 1. The van der Waals surface area contributed by atoms with Gasteiger partial charge in [-0.3, -0.25) is 4.79 Å². The molecule has 0 spiro atoms. The van der Waals surface area contributed by atoms with Gasteiger partial charge in [0.2, 0.25) is 5.91 Å². The number of hydrogen-bond acceptors (Lipinski definition) is 5. The minimum Gasteiger partial charge on any atom is -0.369 e. The highest BCUT2D eigenvalue weighted by Crippen LogP contribution is 2.21. The topological polar surface area (TPSA) is 92.5 Å². The van der Waals surface area contributed by atoms with E-state index < -0.39 is 15.9 Å². The van der Waals surface area contributed by atoms with Gasteiger partial charge in [-0.25, -0.2) is 8.42 Å². The molecule has 6 nitrogen and oxygen atoms in total. The average Bonchev–Trinajstić information content (AvgIpc) is 2.46. The minimum atomic E-state index is -2.90. The van der Waals surface area contributed by atoms with Gasteiger partial charge in [0, 0.05) is 24.5 Å². The third kappa shape index (κ3) is 4.20. The number of anilines is 2. The maximum Gasteiger partial charge on any atom is 0.241 e. The third-order valence-corrected chi connectivity index (χ3v) is 5.45. The number of nitrogens with one attached hydrogen (secondary N) is 1. The molecule has 122 valence electrons. The summed E-state index contributed by atoms with van der Waals surface area (Å²) in [5.41, 5.74) is 7.41. The van der Waals surface area contributed by atoms with Crippen molar-refractivity contribution in [3.63, 3.8) is 0 Å². The summed E-state index contributed by atoms with van der Waals surface area (Å²) in [5, 5.41) is 2.81. The second kappa shape index (κ2) is 6.66. The molecular weight excluding hydrogens is 302 g/mol. The summed E-state index contributed by atoms with van der Waals surface area (Å²) in [7, 11) is -2.90. The SMILES string of the molecule is CC(C)[C@H](N)C(=O)Nc1cccc(N2CCS(=O)(=O)CC2)c1. The maximum absolute atomic E-state index is 12.0. The molecule has 3 N–H and O–H groups in total. The molecule has 22 heavy (non-hydrogen) atoms. The molecule has 0 saturated carbocycles. The molecule has 0 aromatic heterocycles. The van der Waals surface area contributed by atoms with E-state index in [1.807, 2.05) is 36.9 Å². The van der Waals surface area contributed by atoms with E-state index in [0.29, 0.717) is 18.8 Å². The van der Waals surface area contributed by atoms with Gasteiger partial charge in [0.25, 0.3) is 0 Å². The fourth-order valence-corrected chi connectivity index (χ4v) is 3.48. The fourth-order valence-electron chi connectivity index (χ4n) is 2.28. The lowest BCUT2D eigenvalue weighted by Gasteiger charge is -2.29. The van der Waals surface area contributed by atoms with Crippen LogP contribution >= 0.6 is 0 Å². The molecule has 2 rings (SSSR count). The average molecular weight is 325 g/mol. The van der Waals surface area contributed by atoms with Crippen LogP contribution in [0.1, 0.15) is 13.8 Å². The maximum atomic E-state index is 12.0. The van der Waals surface area contributed by atoms with Crippen LogP contribution in [0.4, 0.5) is 11.4 Å². The minimum absolute atomic E-state index is 0.0653. The highest BCUT2D eigenvalue weighted by molar-refractivity contribution is 7.91. The van der Waals surface area contributed by atoms with Crippen LogP contribution in [0.2, 0.25) is 0 Å². The molecule has 1 saturated heterocycles. The summed E-state index contributed by atoms with van der Waals surface area (Å²) in [6, 6.07) is 6.85. The molecule has 1 aromatic carbocycles. The van der Waals surface area contributed by atoms with Gasteiger partial charge in [-0.2, -0.15) is 0 Å². The van der Waals surface area contributed by atoms with Gasteiger partial charge in [-0.05, 0) is 24.1 Å². The van der Waals surface area contributed by atoms with Crippen LogP contribution in [0.5, 0.6) is 0 Å². The van der Waals surface area contributed by atoms with Crippen LogP contribution in [0.3, 0.4) is 0 Å². The van der Waals surface area contributed by atoms with E-state index in [1.165, 1.54) is 0 Å². The van der Waals surface area contributed by atoms with E-state index in [4.69, 9.17) is 5.73 Å². The lowest BCUT2D eigenvalue weighted by atomic mass is 10.0. The number of carbonyl (C=O) groups is 1. The number of nitrogens with two attached hydrogens (primary N) is 1. The van der Waals surface area contributed by atoms with Gasteiger partial charge in [0.1, 0.15) is 0 Å². The largest absolute Gasteiger partial charge is 0.369 e. The number of rotatable bonds is 4. The Morgan fingerprint density at radius 1 is 1.27 bits per heavy atom. The molecule has 0 aliphatic carbocycles. The number of sulfone groups is 1. The first-order chi connectivity index (χ1) is 10.3. The van der Waals surface area contributed by atoms with Crippen LogP contribution in [0.25, 0.3) is 0 Å². The Kier molecular flexibility index (Phi) is 5.08. The van der Waals surface area contributed by atoms with Crippen molar-refractivity contribution in [3.8, 4) is 0 Å². The highest BCUT2D eigenvalue weighted by atomic mass is 32.2. The molecule has 1 amide bonds. The zero-order valence-corrected chi connectivity index (χ0v) is 13.8. The molecule has 7 heteroatoms. The van der Waals surface area contributed by atoms with E-state index in [-0.39, 0.29) is 23.3 Å². The lowest BCUT2D eigenvalue weighted by molar-refractivity contribution is -0.118. The molecule has 0 bridgehead atoms. The van der Waals surface area contributed by atoms with Crippen molar-refractivity contribution in [3.05, 3.63) is 24.3 Å². The Labute approximate surface area is 131 Å². The Morgan fingerprint density at radius 2 is 1.91 bits per heavy atom. The lowest BCUT2D eigenvalue weighted by Crippen LogP contribution is -2.40. The Balaban J connectivity index is 2.06. The predicted octanol–water partition coefficient (Wildman–Crippen LogP) is 0.843. The second-order valence-electron chi connectivity index (χ2n) is 5.95. The Bertz CT molecular complexity index is 629. The first kappa shape index (κ1) is 16.8. The van der Waals surface area contributed by atoms with Crippen molar-refractivity contribution in [1.29, 1.82) is 0 Å². The van der Waals surface area contributed by atoms with E-state index in [0.717, 1.165) is 5.69 Å². The summed E-state index contributed by atoms with van der Waals surface area (Å²) in [5.74, 6) is 0.188. The van der Waals surface area contributed by atoms with Gasteiger partial charge in [0.15, 0.2) is 9.84 Å². The molecule has 0 radical (unpaired) electrons. The van der Waals surface area contributed by atoms with Crippen molar-refractivity contribution in [2.75, 3.05) is 34.8 Å². The van der Waals surface area contributed by atoms with Crippen molar-refractivity contribution in [2.24, 2.45) is 11.7 Å². The number of nitrogens with zero attached hydrogens (tertiary/aromatic N) is 1. The zero-order valence-electron chi connectivity index (χ0n) is 13.0. The molecule has 1 atom stereocenters. The van der Waals surface area contributed by atoms with Gasteiger partial charge < -0.3 is 16.0 Å². The standard InChI is InChI=1S/C15H23N3O3S/c1-11(2)14(16)15(19)17-12-4-3-5-13(10-12)18-6-8-22(20,21)9-7-18/h3-5,10-11,14H,6-9,16H2,1-2H3,(H,17,19)/t14-/m0/s1. The first-order valence-electron chi connectivity index (χ1n) is 7.40. The summed E-state index contributed by atoms with van der Waals surface area (Å²) < 4.78 is 23.0.